The van der Waals surface area contributed by atoms with Crippen molar-refractivity contribution in [2.45, 2.75) is 75.2 Å². The molecule has 1 heterocycles. The molecule has 0 saturated carbocycles. The molecule has 0 atom stereocenters. The van der Waals surface area contributed by atoms with Gasteiger partial charge in [0.05, 0.1) is 0 Å². The summed E-state index contributed by atoms with van der Waals surface area (Å²) in [5.41, 5.74) is 3.95. The van der Waals surface area contributed by atoms with Gasteiger partial charge in [-0.2, -0.15) is 0 Å². The number of halogens is 1. The zero-order chi connectivity index (χ0) is 29.1. The maximum Gasteiger partial charge on any atom is 0.167 e. The van der Waals surface area contributed by atoms with Crippen LogP contribution in [-0.4, -0.2) is 15.9 Å². The maximum absolute atomic E-state index is 14.0. The fraction of sp³-hybridized carbons (Fsp3) is 0.371. The van der Waals surface area contributed by atoms with Crippen molar-refractivity contribution in [2.24, 2.45) is 10.8 Å². The fourth-order valence-electron chi connectivity index (χ4n) is 4.67. The van der Waals surface area contributed by atoms with Crippen LogP contribution in [0, 0.1) is 36.6 Å². The van der Waals surface area contributed by atoms with E-state index in [0.29, 0.717) is 11.0 Å². The predicted molar refractivity (Wildman–Crippen MR) is 161 cm³/mol. The normalized spacial score (nSPS) is 12.3. The number of hydrogen-bond donors (Lipinski definition) is 1. The van der Waals surface area contributed by atoms with Crippen molar-refractivity contribution in [3.63, 3.8) is 0 Å². The first-order valence-electron chi connectivity index (χ1n) is 13.7. The minimum Gasteiger partial charge on any atom is -0.511 e. The molecule has 4 rings (SSSR count). The molecule has 215 valence electrons. The van der Waals surface area contributed by atoms with Crippen LogP contribution in [0.15, 0.2) is 66.1 Å². The van der Waals surface area contributed by atoms with Gasteiger partial charge in [0.1, 0.15) is 11.6 Å². The number of rotatable bonds is 6. The topological polar surface area (TPSA) is 50.2 Å². The number of carbonyl (C=O) groups is 1. The number of ketones is 1. The maximum atomic E-state index is 14.0. The minimum absolute atomic E-state index is 0. The smallest absolute Gasteiger partial charge is 0.167 e. The van der Waals surface area contributed by atoms with Gasteiger partial charge in [-0.3, -0.25) is 4.79 Å². The first-order valence-corrected chi connectivity index (χ1v) is 13.7. The first kappa shape index (κ1) is 33.3. The molecular formula is C35H41FIrNO2-. The number of Topliss-reactive ketones (excluding diaryl/α,β-unsaturated/α-hetero) is 1. The summed E-state index contributed by atoms with van der Waals surface area (Å²) in [6.45, 7) is 17.6. The van der Waals surface area contributed by atoms with Crippen molar-refractivity contribution >= 4 is 27.3 Å². The summed E-state index contributed by atoms with van der Waals surface area (Å²) >= 11 is 0. The third-order valence-electron chi connectivity index (χ3n) is 7.87. The van der Waals surface area contributed by atoms with Crippen molar-refractivity contribution in [2.75, 3.05) is 0 Å². The van der Waals surface area contributed by atoms with Crippen molar-refractivity contribution in [3.05, 3.63) is 89.1 Å². The summed E-state index contributed by atoms with van der Waals surface area (Å²) in [6, 6.07) is 18.5. The summed E-state index contributed by atoms with van der Waals surface area (Å²) in [7, 11) is 0. The molecule has 40 heavy (non-hydrogen) atoms. The molecule has 0 amide bonds. The average Bonchev–Trinajstić information content (AvgIpc) is 2.91. The zero-order valence-electron chi connectivity index (χ0n) is 25.1. The Labute approximate surface area is 252 Å². The number of nitrogens with zero attached hydrogens (tertiary/aromatic N) is 1. The molecule has 0 fully saturated rings. The molecule has 0 aliphatic rings. The van der Waals surface area contributed by atoms with Gasteiger partial charge in [-0.1, -0.05) is 79.7 Å². The van der Waals surface area contributed by atoms with Gasteiger partial charge in [0.25, 0.3) is 0 Å². The van der Waals surface area contributed by atoms with Crippen LogP contribution in [0.25, 0.3) is 32.8 Å². The number of fused-ring (bicyclic) bond motifs is 3. The Morgan fingerprint density at radius 2 is 1.50 bits per heavy atom. The molecule has 1 radical (unpaired) electrons. The Kier molecular flexibility index (Phi) is 11.0. The van der Waals surface area contributed by atoms with Crippen molar-refractivity contribution in [3.8, 4) is 11.3 Å². The molecule has 4 aromatic rings. The molecule has 0 unspecified atom stereocenters. The average molecular weight is 719 g/mol. The van der Waals surface area contributed by atoms with E-state index in [1.54, 1.807) is 19.2 Å². The van der Waals surface area contributed by atoms with Crippen LogP contribution < -0.4 is 0 Å². The number of pyridine rings is 1. The monoisotopic (exact) mass is 719 g/mol. The SMILES string of the molecule is CCC(C)(C)C(=O)/C(C)=C(\O)C(C)(C)CC.Cc1[c-]c(-c2nccc3c2ccc2c(F)cccc23)cc(C)c1.[Ir]. The number of aliphatic hydroxyl groups excluding tert-OH is 1. The van der Waals surface area contributed by atoms with Gasteiger partial charge >= 0.3 is 0 Å². The standard InChI is InChI=1S/C21H15FN.C14H26O2.Ir/c1-13-10-14(2)12-15(11-13)21-19-7-6-18-16(4-3-5-20(18)22)17(19)8-9-23-21;1-8-13(4,5)11(15)10(3)12(16)14(6,7)9-2;/h3-11H,1-2H3;15H,8-9H2,1-7H3;/q-1;;/b;11-10-;. The van der Waals surface area contributed by atoms with E-state index in [9.17, 15) is 14.3 Å². The van der Waals surface area contributed by atoms with Crippen molar-refractivity contribution in [1.29, 1.82) is 0 Å². The fourth-order valence-corrected chi connectivity index (χ4v) is 4.67. The van der Waals surface area contributed by atoms with E-state index in [4.69, 9.17) is 0 Å². The molecule has 0 aliphatic carbocycles. The number of aryl methyl sites for hydroxylation is 2. The van der Waals surface area contributed by atoms with E-state index < -0.39 is 0 Å². The molecule has 0 aliphatic heterocycles. The van der Waals surface area contributed by atoms with E-state index in [-0.39, 0.29) is 48.3 Å². The quantitative estimate of drug-likeness (QED) is 0.0935. The molecule has 3 aromatic carbocycles. The third kappa shape index (κ3) is 7.06. The van der Waals surface area contributed by atoms with Crippen LogP contribution in [0.4, 0.5) is 4.39 Å². The van der Waals surface area contributed by atoms with Gasteiger partial charge in [0.15, 0.2) is 5.78 Å². The number of hydrogen-bond acceptors (Lipinski definition) is 3. The molecule has 1 N–H and O–H groups in total. The molecule has 0 spiro atoms. The Balaban J connectivity index is 0.000000294. The van der Waals surface area contributed by atoms with Crippen molar-refractivity contribution < 1.29 is 34.4 Å². The van der Waals surface area contributed by atoms with E-state index in [1.165, 1.54) is 11.6 Å². The molecule has 5 heteroatoms. The largest absolute Gasteiger partial charge is 0.511 e. The Morgan fingerprint density at radius 3 is 2.10 bits per heavy atom. The Hall–Kier alpha value is -2.88. The summed E-state index contributed by atoms with van der Waals surface area (Å²) in [5, 5.41) is 13.7. The second-order valence-corrected chi connectivity index (χ2v) is 11.7. The van der Waals surface area contributed by atoms with E-state index >= 15 is 0 Å². The second-order valence-electron chi connectivity index (χ2n) is 11.7. The number of carbonyl (C=O) groups excluding carboxylic acids is 1. The number of aliphatic hydroxyl groups is 1. The van der Waals surface area contributed by atoms with Gasteiger partial charge in [-0.25, -0.2) is 4.39 Å². The molecule has 3 nitrogen and oxygen atoms in total. The molecular weight excluding hydrogens is 678 g/mol. The van der Waals surface area contributed by atoms with E-state index in [1.807, 2.05) is 72.7 Å². The van der Waals surface area contributed by atoms with Crippen LogP contribution in [0.1, 0.15) is 72.4 Å². The molecule has 0 bridgehead atoms. The Morgan fingerprint density at radius 1 is 0.900 bits per heavy atom. The van der Waals surface area contributed by atoms with Gasteiger partial charge in [0.2, 0.25) is 0 Å². The zero-order valence-corrected chi connectivity index (χ0v) is 27.5. The van der Waals surface area contributed by atoms with Gasteiger partial charge in [-0.05, 0) is 53.8 Å². The van der Waals surface area contributed by atoms with Crippen LogP contribution in [0.5, 0.6) is 0 Å². The Bertz CT molecular complexity index is 1530. The second kappa shape index (κ2) is 13.2. The van der Waals surface area contributed by atoms with Crippen LogP contribution in [0.2, 0.25) is 0 Å². The van der Waals surface area contributed by atoms with Gasteiger partial charge in [0, 0.05) is 48.1 Å². The van der Waals surface area contributed by atoms with Crippen molar-refractivity contribution in [1.82, 2.24) is 4.98 Å². The van der Waals surface area contributed by atoms with Gasteiger partial charge < -0.3 is 10.1 Å². The molecule has 1 aromatic heterocycles. The number of benzene rings is 3. The minimum atomic E-state index is -0.387. The van der Waals surface area contributed by atoms with Crippen LogP contribution in [0.3, 0.4) is 0 Å². The summed E-state index contributed by atoms with van der Waals surface area (Å²) in [5.74, 6) is 0.0938. The van der Waals surface area contributed by atoms with Crippen LogP contribution >= 0.6 is 0 Å². The van der Waals surface area contributed by atoms with E-state index in [0.717, 1.165) is 45.8 Å². The number of aromatic nitrogens is 1. The summed E-state index contributed by atoms with van der Waals surface area (Å²) in [4.78, 5) is 16.7. The predicted octanol–water partition coefficient (Wildman–Crippen LogP) is 9.87. The van der Waals surface area contributed by atoms with E-state index in [2.05, 4.69) is 30.1 Å². The van der Waals surface area contributed by atoms with Crippen LogP contribution in [-0.2, 0) is 24.9 Å². The summed E-state index contributed by atoms with van der Waals surface area (Å²) < 4.78 is 14.0. The number of allylic oxidation sites excluding steroid dienone is 2. The first-order chi connectivity index (χ1) is 18.2. The third-order valence-corrected chi connectivity index (χ3v) is 7.87. The van der Waals surface area contributed by atoms with Gasteiger partial charge in [-0.15, -0.1) is 34.9 Å². The summed E-state index contributed by atoms with van der Waals surface area (Å²) in [6.07, 6.45) is 3.38. The molecule has 0 saturated heterocycles.